The van der Waals surface area contributed by atoms with E-state index in [9.17, 15) is 22.8 Å². The number of alkyl halides is 3. The maximum Gasteiger partial charge on any atom is 0.416 e. The van der Waals surface area contributed by atoms with Crippen LogP contribution in [0.5, 0.6) is 0 Å². The summed E-state index contributed by atoms with van der Waals surface area (Å²) in [5.41, 5.74) is -0.0179. The predicted molar refractivity (Wildman–Crippen MR) is 110 cm³/mol. The van der Waals surface area contributed by atoms with Crippen molar-refractivity contribution in [1.82, 2.24) is 14.9 Å². The molecular formula is C20H14F3N3O2S2. The molecule has 0 unspecified atom stereocenters. The highest BCUT2D eigenvalue weighted by Gasteiger charge is 2.30. The van der Waals surface area contributed by atoms with E-state index in [-0.39, 0.29) is 18.6 Å². The summed E-state index contributed by atoms with van der Waals surface area (Å²) in [5, 5.41) is 6.78. The molecule has 4 rings (SSSR count). The Balaban J connectivity index is 1.51. The van der Waals surface area contributed by atoms with Crippen molar-refractivity contribution in [2.24, 2.45) is 0 Å². The third kappa shape index (κ3) is 4.14. The molecule has 30 heavy (non-hydrogen) atoms. The van der Waals surface area contributed by atoms with Gasteiger partial charge in [0.25, 0.3) is 5.56 Å². The lowest BCUT2D eigenvalue weighted by Crippen LogP contribution is -2.32. The first-order valence-electron chi connectivity index (χ1n) is 8.76. The van der Waals surface area contributed by atoms with Gasteiger partial charge in [-0.3, -0.25) is 14.2 Å². The van der Waals surface area contributed by atoms with Crippen LogP contribution in [0.4, 0.5) is 13.2 Å². The minimum atomic E-state index is -4.45. The predicted octanol–water partition coefficient (Wildman–Crippen LogP) is 4.52. The highest BCUT2D eigenvalue weighted by Crippen LogP contribution is 2.33. The van der Waals surface area contributed by atoms with Gasteiger partial charge in [0, 0.05) is 22.4 Å². The topological polar surface area (TPSA) is 64.0 Å². The standard InChI is InChI=1S/C20H14F3N3O2S2/c21-20(22,23)13-4-1-3-12(7-13)8-24-16(27)9-26-11-25-18-17(19(26)28)14(10-30-18)15-5-2-6-29-15/h1-7,10-11H,8-9H2,(H,24,27). The van der Waals surface area contributed by atoms with E-state index in [2.05, 4.69) is 10.3 Å². The number of benzene rings is 1. The van der Waals surface area contributed by atoms with Crippen molar-refractivity contribution in [2.75, 3.05) is 0 Å². The zero-order valence-corrected chi connectivity index (χ0v) is 16.9. The molecule has 1 amide bonds. The largest absolute Gasteiger partial charge is 0.416 e. The number of hydrogen-bond donors (Lipinski definition) is 1. The van der Waals surface area contributed by atoms with Crippen molar-refractivity contribution in [2.45, 2.75) is 19.3 Å². The number of nitrogens with zero attached hydrogens (tertiary/aromatic N) is 2. The van der Waals surface area contributed by atoms with Gasteiger partial charge in [-0.15, -0.1) is 22.7 Å². The molecule has 10 heteroatoms. The lowest BCUT2D eigenvalue weighted by molar-refractivity contribution is -0.137. The van der Waals surface area contributed by atoms with Gasteiger partial charge in [-0.25, -0.2) is 4.98 Å². The Morgan fingerprint density at radius 3 is 2.73 bits per heavy atom. The van der Waals surface area contributed by atoms with Gasteiger partial charge in [0.15, 0.2) is 0 Å². The summed E-state index contributed by atoms with van der Waals surface area (Å²) in [7, 11) is 0. The van der Waals surface area contributed by atoms with Crippen LogP contribution in [-0.4, -0.2) is 15.5 Å². The highest BCUT2D eigenvalue weighted by atomic mass is 32.1. The Morgan fingerprint density at radius 1 is 1.17 bits per heavy atom. The summed E-state index contributed by atoms with van der Waals surface area (Å²) in [4.78, 5) is 31.0. The molecule has 0 aliphatic carbocycles. The van der Waals surface area contributed by atoms with Crippen LogP contribution in [0.2, 0.25) is 0 Å². The normalized spacial score (nSPS) is 11.7. The van der Waals surface area contributed by atoms with Crippen LogP contribution < -0.4 is 10.9 Å². The summed E-state index contributed by atoms with van der Waals surface area (Å²) in [6.07, 6.45) is -3.14. The summed E-state index contributed by atoms with van der Waals surface area (Å²) >= 11 is 2.86. The number of aromatic nitrogens is 2. The van der Waals surface area contributed by atoms with Crippen molar-refractivity contribution < 1.29 is 18.0 Å². The second-order valence-electron chi connectivity index (χ2n) is 6.46. The average Bonchev–Trinajstić information content (AvgIpc) is 3.38. The molecule has 0 fully saturated rings. The van der Waals surface area contributed by atoms with Crippen molar-refractivity contribution in [3.05, 3.63) is 75.0 Å². The second kappa shape index (κ2) is 8.04. The fourth-order valence-corrected chi connectivity index (χ4v) is 4.68. The molecule has 0 atom stereocenters. The Kier molecular flexibility index (Phi) is 5.44. The number of hydrogen-bond acceptors (Lipinski definition) is 5. The van der Waals surface area contributed by atoms with Crippen LogP contribution in [0, 0.1) is 0 Å². The second-order valence-corrected chi connectivity index (χ2v) is 8.27. The van der Waals surface area contributed by atoms with Gasteiger partial charge in [0.1, 0.15) is 11.4 Å². The molecule has 154 valence electrons. The van der Waals surface area contributed by atoms with Crippen LogP contribution in [-0.2, 0) is 24.1 Å². The van der Waals surface area contributed by atoms with E-state index >= 15 is 0 Å². The van der Waals surface area contributed by atoms with Crippen LogP contribution in [0.25, 0.3) is 20.7 Å². The van der Waals surface area contributed by atoms with Gasteiger partial charge < -0.3 is 5.32 Å². The number of nitrogens with one attached hydrogen (secondary N) is 1. The number of thiophene rings is 2. The average molecular weight is 449 g/mol. The number of amides is 1. The van der Waals surface area contributed by atoms with E-state index in [0.29, 0.717) is 15.8 Å². The molecule has 3 heterocycles. The molecule has 0 spiro atoms. The van der Waals surface area contributed by atoms with E-state index in [1.807, 2.05) is 22.9 Å². The van der Waals surface area contributed by atoms with E-state index in [1.165, 1.54) is 45.7 Å². The number of carbonyl (C=O) groups excluding carboxylic acids is 1. The zero-order chi connectivity index (χ0) is 21.3. The third-order valence-corrected chi connectivity index (χ3v) is 6.19. The zero-order valence-electron chi connectivity index (χ0n) is 15.3. The van der Waals surface area contributed by atoms with Crippen molar-refractivity contribution in [3.8, 4) is 10.4 Å². The minimum Gasteiger partial charge on any atom is -0.350 e. The van der Waals surface area contributed by atoms with Gasteiger partial charge >= 0.3 is 6.18 Å². The fraction of sp³-hybridized carbons (Fsp3) is 0.150. The van der Waals surface area contributed by atoms with Gasteiger partial charge in [0.2, 0.25) is 5.91 Å². The van der Waals surface area contributed by atoms with E-state index in [0.717, 1.165) is 22.6 Å². The molecule has 4 aromatic rings. The van der Waals surface area contributed by atoms with Gasteiger partial charge in [-0.2, -0.15) is 13.2 Å². The van der Waals surface area contributed by atoms with Crippen LogP contribution in [0.15, 0.2) is 58.3 Å². The van der Waals surface area contributed by atoms with Crippen molar-refractivity contribution in [3.63, 3.8) is 0 Å². The third-order valence-electron chi connectivity index (χ3n) is 4.41. The number of rotatable bonds is 5. The number of halogens is 3. The van der Waals surface area contributed by atoms with E-state index in [1.54, 1.807) is 0 Å². The molecule has 0 saturated carbocycles. The molecule has 1 aromatic carbocycles. The summed E-state index contributed by atoms with van der Waals surface area (Å²) in [6, 6.07) is 8.53. The highest BCUT2D eigenvalue weighted by molar-refractivity contribution is 7.18. The van der Waals surface area contributed by atoms with Crippen LogP contribution >= 0.6 is 22.7 Å². The van der Waals surface area contributed by atoms with Crippen molar-refractivity contribution in [1.29, 1.82) is 0 Å². The molecule has 0 bridgehead atoms. The molecule has 3 aromatic heterocycles. The maximum absolute atomic E-state index is 12.9. The first kappa shape index (κ1) is 20.3. The molecule has 0 aliphatic rings. The van der Waals surface area contributed by atoms with Gasteiger partial charge in [-0.1, -0.05) is 18.2 Å². The Hall–Kier alpha value is -2.98. The SMILES string of the molecule is O=C(Cn1cnc2scc(-c3cccs3)c2c1=O)NCc1cccc(C(F)(F)F)c1. The maximum atomic E-state index is 12.9. The molecule has 0 saturated heterocycles. The van der Waals surface area contributed by atoms with Gasteiger partial charge in [-0.05, 0) is 29.1 Å². The molecule has 0 radical (unpaired) electrons. The van der Waals surface area contributed by atoms with Crippen molar-refractivity contribution >= 4 is 38.8 Å². The summed E-state index contributed by atoms with van der Waals surface area (Å²) < 4.78 is 39.6. The first-order valence-corrected chi connectivity index (χ1v) is 10.5. The molecular weight excluding hydrogens is 435 g/mol. The number of fused-ring (bicyclic) bond motifs is 1. The lowest BCUT2D eigenvalue weighted by Gasteiger charge is -2.10. The smallest absolute Gasteiger partial charge is 0.350 e. The number of carbonyl (C=O) groups is 1. The Morgan fingerprint density at radius 2 is 2.00 bits per heavy atom. The van der Waals surface area contributed by atoms with E-state index in [4.69, 9.17) is 0 Å². The quantitative estimate of drug-likeness (QED) is 0.487. The summed E-state index contributed by atoms with van der Waals surface area (Å²) in [6.45, 7) is -0.355. The molecule has 0 aliphatic heterocycles. The van der Waals surface area contributed by atoms with Crippen LogP contribution in [0.1, 0.15) is 11.1 Å². The Bertz CT molecular complexity index is 1260. The van der Waals surface area contributed by atoms with E-state index < -0.39 is 17.6 Å². The lowest BCUT2D eigenvalue weighted by atomic mass is 10.1. The van der Waals surface area contributed by atoms with Crippen LogP contribution in [0.3, 0.4) is 0 Å². The first-order chi connectivity index (χ1) is 14.3. The monoisotopic (exact) mass is 449 g/mol. The molecule has 5 nitrogen and oxygen atoms in total. The molecule has 1 N–H and O–H groups in total. The summed E-state index contributed by atoms with van der Waals surface area (Å²) in [5.74, 6) is -0.497. The minimum absolute atomic E-state index is 0.0773. The Labute approximate surface area is 176 Å². The van der Waals surface area contributed by atoms with Gasteiger partial charge in [0.05, 0.1) is 17.3 Å². The fourth-order valence-electron chi connectivity index (χ4n) is 2.96.